The molecule has 0 radical (unpaired) electrons. The van der Waals surface area contributed by atoms with Crippen molar-refractivity contribution in [3.63, 3.8) is 0 Å². The maximum Gasteiger partial charge on any atom is 0.325 e. The van der Waals surface area contributed by atoms with Gasteiger partial charge in [0.05, 0.1) is 16.5 Å². The fourth-order valence-corrected chi connectivity index (χ4v) is 2.18. The number of carbonyl (C=O) groups is 1. The van der Waals surface area contributed by atoms with Crippen LogP contribution in [0.2, 0.25) is 0 Å². The Morgan fingerprint density at radius 2 is 2.20 bits per heavy atom. The van der Waals surface area contributed by atoms with Gasteiger partial charge in [-0.15, -0.1) is 0 Å². The van der Waals surface area contributed by atoms with Crippen LogP contribution in [0.1, 0.15) is 19.4 Å². The van der Waals surface area contributed by atoms with Crippen molar-refractivity contribution < 1.29 is 14.5 Å². The first kappa shape index (κ1) is 16.4. The van der Waals surface area contributed by atoms with Gasteiger partial charge in [-0.25, -0.2) is 4.98 Å². The molecule has 0 atom stereocenters. The Bertz CT molecular complexity index is 534. The third-order valence-electron chi connectivity index (χ3n) is 2.84. The van der Waals surface area contributed by atoms with Gasteiger partial charge >= 0.3 is 5.97 Å². The molecule has 1 heterocycles. The predicted molar refractivity (Wildman–Crippen MR) is 77.8 cm³/mol. The lowest BCUT2D eigenvalue weighted by atomic mass is 10.2. The number of nitro groups is 1. The van der Waals surface area contributed by atoms with Crippen molar-refractivity contribution in [2.75, 3.05) is 18.6 Å². The topological polar surface area (TPSA) is 85.6 Å². The maximum absolute atomic E-state index is 11.5. The number of esters is 1. The van der Waals surface area contributed by atoms with Gasteiger partial charge in [0.2, 0.25) is 0 Å². The summed E-state index contributed by atoms with van der Waals surface area (Å²) in [4.78, 5) is 27.7. The van der Waals surface area contributed by atoms with Gasteiger partial charge in [0.15, 0.2) is 0 Å². The van der Waals surface area contributed by atoms with Gasteiger partial charge in [-0.2, -0.15) is 0 Å². The molecular formula is C12H16BrN3O4. The highest BCUT2D eigenvalue weighted by molar-refractivity contribution is 9.10. The van der Waals surface area contributed by atoms with Crippen LogP contribution in [0.4, 0.5) is 11.5 Å². The molecule has 8 heteroatoms. The summed E-state index contributed by atoms with van der Waals surface area (Å²) < 4.78 is 5.16. The minimum atomic E-state index is -0.489. The summed E-state index contributed by atoms with van der Waals surface area (Å²) in [7, 11) is 1.31. The molecule has 0 unspecified atom stereocenters. The maximum atomic E-state index is 11.5. The highest BCUT2D eigenvalue weighted by atomic mass is 79.9. The van der Waals surface area contributed by atoms with E-state index in [9.17, 15) is 14.9 Å². The summed E-state index contributed by atoms with van der Waals surface area (Å²) >= 11 is 3.32. The summed E-state index contributed by atoms with van der Waals surface area (Å²) in [5, 5.41) is 10.9. The number of nitrogens with zero attached hydrogens (tertiary/aromatic N) is 3. The third-order valence-corrected chi connectivity index (χ3v) is 3.79. The number of rotatable bonds is 5. The fraction of sp³-hybridized carbons (Fsp3) is 0.500. The van der Waals surface area contributed by atoms with Crippen molar-refractivity contribution >= 4 is 33.4 Å². The van der Waals surface area contributed by atoms with Crippen LogP contribution in [-0.4, -0.2) is 35.6 Å². The molecule has 0 aliphatic heterocycles. The first-order valence-electron chi connectivity index (χ1n) is 5.92. The zero-order valence-electron chi connectivity index (χ0n) is 11.7. The Kier molecular flexibility index (Phi) is 5.43. The summed E-state index contributed by atoms with van der Waals surface area (Å²) in [6.45, 7) is 5.45. The van der Waals surface area contributed by atoms with Crippen LogP contribution < -0.4 is 4.90 Å². The van der Waals surface area contributed by atoms with Crippen LogP contribution in [0, 0.1) is 17.0 Å². The molecule has 0 spiro atoms. The van der Waals surface area contributed by atoms with E-state index < -0.39 is 10.9 Å². The number of hydrogen-bond acceptors (Lipinski definition) is 6. The van der Waals surface area contributed by atoms with Gasteiger partial charge in [-0.3, -0.25) is 14.9 Å². The molecule has 0 aliphatic carbocycles. The molecule has 0 N–H and O–H groups in total. The zero-order valence-corrected chi connectivity index (χ0v) is 13.3. The second-order valence-electron chi connectivity index (χ2n) is 4.46. The minimum absolute atomic E-state index is 0.0150. The number of hydrogen-bond donors (Lipinski definition) is 0. The van der Waals surface area contributed by atoms with Crippen molar-refractivity contribution in [2.45, 2.75) is 26.8 Å². The van der Waals surface area contributed by atoms with Gasteiger partial charge in [0, 0.05) is 11.6 Å². The largest absolute Gasteiger partial charge is 0.468 e. The van der Waals surface area contributed by atoms with E-state index in [2.05, 4.69) is 25.7 Å². The van der Waals surface area contributed by atoms with Gasteiger partial charge in [0.1, 0.15) is 18.6 Å². The molecule has 0 saturated heterocycles. The first-order valence-corrected chi connectivity index (χ1v) is 6.71. The standard InChI is InChI=1S/C12H16BrN3O4/c1-7(2)15(6-10(17)20-4)12-11(13)8(3)9(5-14-12)16(18)19/h5,7H,6H2,1-4H3. The van der Waals surface area contributed by atoms with E-state index >= 15 is 0 Å². The molecule has 0 amide bonds. The molecule has 7 nitrogen and oxygen atoms in total. The normalized spacial score (nSPS) is 10.5. The van der Waals surface area contributed by atoms with E-state index in [0.29, 0.717) is 15.9 Å². The summed E-state index contributed by atoms with van der Waals surface area (Å²) in [5.74, 6) is 0.0805. The van der Waals surface area contributed by atoms with E-state index in [4.69, 9.17) is 0 Å². The van der Waals surface area contributed by atoms with Gasteiger partial charge < -0.3 is 9.64 Å². The number of pyridine rings is 1. The van der Waals surface area contributed by atoms with Crippen LogP contribution in [0.3, 0.4) is 0 Å². The number of anilines is 1. The quantitative estimate of drug-likeness (QED) is 0.462. The van der Waals surface area contributed by atoms with Crippen molar-refractivity contribution in [2.24, 2.45) is 0 Å². The second kappa shape index (κ2) is 6.65. The summed E-state index contributed by atoms with van der Waals surface area (Å²) in [5.41, 5.74) is 0.401. The summed E-state index contributed by atoms with van der Waals surface area (Å²) in [6, 6.07) is -0.0150. The van der Waals surface area contributed by atoms with E-state index in [0.717, 1.165) is 0 Å². The molecule has 0 aliphatic rings. The molecule has 1 aromatic heterocycles. The lowest BCUT2D eigenvalue weighted by molar-refractivity contribution is -0.385. The lowest BCUT2D eigenvalue weighted by Gasteiger charge is -2.27. The monoisotopic (exact) mass is 345 g/mol. The van der Waals surface area contributed by atoms with E-state index in [1.54, 1.807) is 11.8 Å². The Hall–Kier alpha value is -1.70. The smallest absolute Gasteiger partial charge is 0.325 e. The Labute approximate surface area is 125 Å². The van der Waals surface area contributed by atoms with Crippen molar-refractivity contribution in [1.82, 2.24) is 4.98 Å². The van der Waals surface area contributed by atoms with E-state index in [1.807, 2.05) is 13.8 Å². The average molecular weight is 346 g/mol. The first-order chi connectivity index (χ1) is 9.29. The molecule has 1 rings (SSSR count). The van der Waals surface area contributed by atoms with Gasteiger partial charge in [-0.05, 0) is 36.7 Å². The second-order valence-corrected chi connectivity index (χ2v) is 5.25. The highest BCUT2D eigenvalue weighted by Crippen LogP contribution is 2.33. The number of ether oxygens (including phenoxy) is 1. The number of aromatic nitrogens is 1. The number of methoxy groups -OCH3 is 1. The highest BCUT2D eigenvalue weighted by Gasteiger charge is 2.23. The molecule has 20 heavy (non-hydrogen) atoms. The van der Waals surface area contributed by atoms with Crippen molar-refractivity contribution in [3.8, 4) is 0 Å². The van der Waals surface area contributed by atoms with Crippen LogP contribution in [0.5, 0.6) is 0 Å². The molecule has 1 aromatic rings. The Morgan fingerprint density at radius 1 is 1.60 bits per heavy atom. The van der Waals surface area contributed by atoms with Gasteiger partial charge in [0.25, 0.3) is 5.69 Å². The van der Waals surface area contributed by atoms with Crippen LogP contribution in [0.15, 0.2) is 10.7 Å². The minimum Gasteiger partial charge on any atom is -0.468 e. The van der Waals surface area contributed by atoms with Crippen molar-refractivity contribution in [3.05, 3.63) is 26.3 Å². The SMILES string of the molecule is COC(=O)CN(c1ncc([N+](=O)[O-])c(C)c1Br)C(C)C. The van der Waals surface area contributed by atoms with E-state index in [-0.39, 0.29) is 18.3 Å². The van der Waals surface area contributed by atoms with Crippen LogP contribution in [0.25, 0.3) is 0 Å². The molecule has 110 valence electrons. The van der Waals surface area contributed by atoms with Crippen LogP contribution in [-0.2, 0) is 9.53 Å². The fourth-order valence-electron chi connectivity index (χ4n) is 1.65. The number of carbonyl (C=O) groups excluding carboxylic acids is 1. The summed E-state index contributed by atoms with van der Waals surface area (Å²) in [6.07, 6.45) is 1.20. The average Bonchev–Trinajstić information content (AvgIpc) is 2.38. The molecule has 0 saturated carbocycles. The molecule has 0 aromatic carbocycles. The third kappa shape index (κ3) is 3.44. The van der Waals surface area contributed by atoms with E-state index in [1.165, 1.54) is 13.3 Å². The molecule has 0 bridgehead atoms. The molecular weight excluding hydrogens is 330 g/mol. The number of halogens is 1. The lowest BCUT2D eigenvalue weighted by Crippen LogP contribution is -2.37. The predicted octanol–water partition coefficient (Wildman–Crippen LogP) is 2.45. The van der Waals surface area contributed by atoms with Gasteiger partial charge in [-0.1, -0.05) is 0 Å². The van der Waals surface area contributed by atoms with Crippen LogP contribution >= 0.6 is 15.9 Å². The Balaban J connectivity index is 3.25. The van der Waals surface area contributed by atoms with Crippen molar-refractivity contribution in [1.29, 1.82) is 0 Å². The Morgan fingerprint density at radius 3 is 2.65 bits per heavy atom. The zero-order chi connectivity index (χ0) is 15.4. The molecule has 0 fully saturated rings.